The van der Waals surface area contributed by atoms with E-state index in [0.29, 0.717) is 43.2 Å². The summed E-state index contributed by atoms with van der Waals surface area (Å²) in [6.45, 7) is 7.12. The number of aryl methyl sites for hydroxylation is 1. The van der Waals surface area contributed by atoms with Gasteiger partial charge in [-0.2, -0.15) is 0 Å². The number of nitrogens with one attached hydrogen (secondary N) is 2. The zero-order valence-electron chi connectivity index (χ0n) is 16.2. The highest BCUT2D eigenvalue weighted by molar-refractivity contribution is 6.03. The molecule has 0 saturated carbocycles. The minimum Gasteiger partial charge on any atom is -0.493 e. The van der Waals surface area contributed by atoms with Crippen LogP contribution in [0.5, 0.6) is 5.75 Å². The van der Waals surface area contributed by atoms with Crippen molar-refractivity contribution in [3.05, 3.63) is 59.7 Å². The van der Waals surface area contributed by atoms with Crippen LogP contribution in [0.15, 0.2) is 48.5 Å². The van der Waals surface area contributed by atoms with Gasteiger partial charge in [0.25, 0.3) is 5.91 Å². The van der Waals surface area contributed by atoms with Crippen LogP contribution in [0.2, 0.25) is 0 Å². The molecule has 0 spiro atoms. The highest BCUT2D eigenvalue weighted by Gasteiger charge is 2.13. The van der Waals surface area contributed by atoms with Gasteiger partial charge in [-0.25, -0.2) is 0 Å². The first-order valence-electron chi connectivity index (χ1n) is 9.33. The number of hydrogen-bond donors (Lipinski definition) is 2. The number of para-hydroxylation sites is 2. The molecule has 0 aromatic heterocycles. The summed E-state index contributed by atoms with van der Waals surface area (Å²) in [4.78, 5) is 24.6. The Balaban J connectivity index is 1.83. The molecule has 0 radical (unpaired) electrons. The first kappa shape index (κ1) is 20.5. The Labute approximate surface area is 161 Å². The summed E-state index contributed by atoms with van der Waals surface area (Å²) in [6, 6.07) is 14.8. The summed E-state index contributed by atoms with van der Waals surface area (Å²) in [6.07, 6.45) is 0.926. The fraction of sp³-hybridized carbons (Fsp3) is 0.364. The first-order chi connectivity index (χ1) is 13.0. The van der Waals surface area contributed by atoms with Crippen LogP contribution in [0.3, 0.4) is 0 Å². The maximum absolute atomic E-state index is 12.3. The SMILES string of the molecule is Cc1ccccc1OCCCC(=O)Nc1ccccc1C(=O)NCC(C)C. The maximum atomic E-state index is 12.3. The van der Waals surface area contributed by atoms with Crippen molar-refractivity contribution in [2.75, 3.05) is 18.5 Å². The topological polar surface area (TPSA) is 67.4 Å². The normalized spacial score (nSPS) is 10.5. The van der Waals surface area contributed by atoms with Crippen LogP contribution in [0, 0.1) is 12.8 Å². The third kappa shape index (κ3) is 6.77. The second-order valence-corrected chi connectivity index (χ2v) is 6.92. The third-order valence-electron chi connectivity index (χ3n) is 4.02. The van der Waals surface area contributed by atoms with E-state index < -0.39 is 0 Å². The van der Waals surface area contributed by atoms with Crippen molar-refractivity contribution in [2.45, 2.75) is 33.6 Å². The highest BCUT2D eigenvalue weighted by atomic mass is 16.5. The van der Waals surface area contributed by atoms with E-state index in [4.69, 9.17) is 4.74 Å². The van der Waals surface area contributed by atoms with Gasteiger partial charge in [-0.3, -0.25) is 9.59 Å². The molecule has 2 aromatic rings. The fourth-order valence-electron chi connectivity index (χ4n) is 2.53. The number of benzene rings is 2. The van der Waals surface area contributed by atoms with Gasteiger partial charge in [0, 0.05) is 13.0 Å². The van der Waals surface area contributed by atoms with Crippen molar-refractivity contribution in [1.29, 1.82) is 0 Å². The van der Waals surface area contributed by atoms with Crippen LogP contribution >= 0.6 is 0 Å². The van der Waals surface area contributed by atoms with Crippen LogP contribution in [0.25, 0.3) is 0 Å². The lowest BCUT2D eigenvalue weighted by molar-refractivity contribution is -0.116. The molecule has 27 heavy (non-hydrogen) atoms. The molecule has 0 aliphatic carbocycles. The molecular formula is C22H28N2O3. The quantitative estimate of drug-likeness (QED) is 0.653. The average Bonchev–Trinajstić information content (AvgIpc) is 2.65. The number of carbonyl (C=O) groups is 2. The van der Waals surface area contributed by atoms with E-state index >= 15 is 0 Å². The van der Waals surface area contributed by atoms with Crippen LogP contribution < -0.4 is 15.4 Å². The van der Waals surface area contributed by atoms with Crippen molar-refractivity contribution in [1.82, 2.24) is 5.32 Å². The Morgan fingerprint density at radius 1 is 1.04 bits per heavy atom. The fourth-order valence-corrected chi connectivity index (χ4v) is 2.53. The predicted octanol–water partition coefficient (Wildman–Crippen LogP) is 4.18. The van der Waals surface area contributed by atoms with Crippen molar-refractivity contribution in [3.63, 3.8) is 0 Å². The van der Waals surface area contributed by atoms with E-state index in [1.807, 2.05) is 45.0 Å². The number of carbonyl (C=O) groups excluding carboxylic acids is 2. The Bertz CT molecular complexity index is 772. The second-order valence-electron chi connectivity index (χ2n) is 6.92. The molecule has 144 valence electrons. The summed E-state index contributed by atoms with van der Waals surface area (Å²) in [7, 11) is 0. The molecule has 0 aliphatic heterocycles. The predicted molar refractivity (Wildman–Crippen MR) is 108 cm³/mol. The van der Waals surface area contributed by atoms with Crippen molar-refractivity contribution >= 4 is 17.5 Å². The van der Waals surface area contributed by atoms with Gasteiger partial charge in [-0.15, -0.1) is 0 Å². The molecule has 0 heterocycles. The van der Waals surface area contributed by atoms with Crippen LogP contribution in [0.4, 0.5) is 5.69 Å². The van der Waals surface area contributed by atoms with Gasteiger partial charge in [0.1, 0.15) is 5.75 Å². The van der Waals surface area contributed by atoms with Crippen molar-refractivity contribution in [2.24, 2.45) is 5.92 Å². The summed E-state index contributed by atoms with van der Waals surface area (Å²) >= 11 is 0. The molecule has 2 N–H and O–H groups in total. The third-order valence-corrected chi connectivity index (χ3v) is 4.02. The second kappa shape index (κ2) is 10.4. The van der Waals surface area contributed by atoms with E-state index in [1.54, 1.807) is 24.3 Å². The molecule has 0 fully saturated rings. The zero-order chi connectivity index (χ0) is 19.6. The molecule has 2 aromatic carbocycles. The van der Waals surface area contributed by atoms with Crippen LogP contribution in [0.1, 0.15) is 42.6 Å². The summed E-state index contributed by atoms with van der Waals surface area (Å²) in [5, 5.41) is 5.71. The standard InChI is InChI=1S/C22H28N2O3/c1-16(2)15-23-22(26)18-10-5-6-11-19(18)24-21(25)13-8-14-27-20-12-7-4-9-17(20)3/h4-7,9-12,16H,8,13-15H2,1-3H3,(H,23,26)(H,24,25). The minimum absolute atomic E-state index is 0.132. The maximum Gasteiger partial charge on any atom is 0.253 e. The van der Waals surface area contributed by atoms with Gasteiger partial charge in [0.2, 0.25) is 5.91 Å². The van der Waals surface area contributed by atoms with Gasteiger partial charge in [0.15, 0.2) is 0 Å². The van der Waals surface area contributed by atoms with Crippen LogP contribution in [-0.4, -0.2) is 25.0 Å². The Morgan fingerprint density at radius 2 is 1.74 bits per heavy atom. The number of hydrogen-bond acceptors (Lipinski definition) is 3. The number of ether oxygens (including phenoxy) is 1. The van der Waals surface area contributed by atoms with Gasteiger partial charge in [0.05, 0.1) is 17.9 Å². The molecule has 0 aliphatic rings. The average molecular weight is 368 g/mol. The van der Waals surface area contributed by atoms with E-state index in [0.717, 1.165) is 11.3 Å². The lowest BCUT2D eigenvalue weighted by Crippen LogP contribution is -2.28. The van der Waals surface area contributed by atoms with E-state index in [9.17, 15) is 9.59 Å². The first-order valence-corrected chi connectivity index (χ1v) is 9.33. The number of anilines is 1. The minimum atomic E-state index is -0.178. The van der Waals surface area contributed by atoms with Crippen molar-refractivity contribution < 1.29 is 14.3 Å². The molecule has 5 nitrogen and oxygen atoms in total. The Kier molecular flexibility index (Phi) is 7.86. The number of rotatable bonds is 9. The molecule has 2 rings (SSSR count). The van der Waals surface area contributed by atoms with E-state index in [-0.39, 0.29) is 11.8 Å². The van der Waals surface area contributed by atoms with Gasteiger partial charge in [-0.1, -0.05) is 44.2 Å². The molecular weight excluding hydrogens is 340 g/mol. The molecule has 0 bridgehead atoms. The number of amides is 2. The molecule has 2 amide bonds. The summed E-state index contributed by atoms with van der Waals surface area (Å²) in [5.74, 6) is 0.893. The monoisotopic (exact) mass is 368 g/mol. The van der Waals surface area contributed by atoms with Gasteiger partial charge >= 0.3 is 0 Å². The summed E-state index contributed by atoms with van der Waals surface area (Å²) in [5.41, 5.74) is 2.08. The highest BCUT2D eigenvalue weighted by Crippen LogP contribution is 2.17. The molecule has 0 saturated heterocycles. The van der Waals surface area contributed by atoms with Crippen molar-refractivity contribution in [3.8, 4) is 5.75 Å². The smallest absolute Gasteiger partial charge is 0.253 e. The van der Waals surface area contributed by atoms with E-state index in [1.165, 1.54) is 0 Å². The molecule has 0 unspecified atom stereocenters. The lowest BCUT2D eigenvalue weighted by Gasteiger charge is -2.13. The van der Waals surface area contributed by atoms with Gasteiger partial charge in [-0.05, 0) is 43.0 Å². The molecule has 0 atom stereocenters. The Hall–Kier alpha value is -2.82. The Morgan fingerprint density at radius 3 is 2.48 bits per heavy atom. The van der Waals surface area contributed by atoms with Crippen LogP contribution in [-0.2, 0) is 4.79 Å². The van der Waals surface area contributed by atoms with E-state index in [2.05, 4.69) is 10.6 Å². The molecule has 5 heteroatoms. The largest absolute Gasteiger partial charge is 0.493 e. The summed E-state index contributed by atoms with van der Waals surface area (Å²) < 4.78 is 5.71. The van der Waals surface area contributed by atoms with Gasteiger partial charge < -0.3 is 15.4 Å². The lowest BCUT2D eigenvalue weighted by atomic mass is 10.1. The zero-order valence-corrected chi connectivity index (χ0v) is 16.2.